The number of nitrogens with two attached hydrogens (primary N) is 1. The molecule has 4 rings (SSSR count). The highest BCUT2D eigenvalue weighted by molar-refractivity contribution is 5.56. The first-order chi connectivity index (χ1) is 14.1. The van der Waals surface area contributed by atoms with E-state index in [1.807, 2.05) is 44.3 Å². The second-order valence-corrected chi connectivity index (χ2v) is 6.87. The van der Waals surface area contributed by atoms with Gasteiger partial charge in [0.2, 0.25) is 0 Å². The van der Waals surface area contributed by atoms with Crippen LogP contribution in [0.4, 0.5) is 5.69 Å². The summed E-state index contributed by atoms with van der Waals surface area (Å²) in [6.07, 6.45) is 2.02. The van der Waals surface area contributed by atoms with Gasteiger partial charge in [-0.1, -0.05) is 12.1 Å². The topological polar surface area (TPSA) is 83.1 Å². The van der Waals surface area contributed by atoms with Crippen molar-refractivity contribution >= 4 is 5.69 Å². The minimum absolute atomic E-state index is 0.0524. The molecule has 1 aliphatic rings. The zero-order valence-electron chi connectivity index (χ0n) is 16.5. The summed E-state index contributed by atoms with van der Waals surface area (Å²) in [6.45, 7) is 5.74. The Morgan fingerprint density at radius 3 is 2.59 bits per heavy atom. The van der Waals surface area contributed by atoms with E-state index >= 15 is 0 Å². The van der Waals surface area contributed by atoms with Gasteiger partial charge in [-0.2, -0.15) is 0 Å². The predicted octanol–water partition coefficient (Wildman–Crippen LogP) is 3.35. The van der Waals surface area contributed by atoms with Gasteiger partial charge >= 0.3 is 0 Å². The van der Waals surface area contributed by atoms with E-state index in [1.165, 1.54) is 6.07 Å². The number of rotatable bonds is 6. The van der Waals surface area contributed by atoms with Gasteiger partial charge in [-0.05, 0) is 32.0 Å². The van der Waals surface area contributed by atoms with E-state index in [0.717, 1.165) is 40.6 Å². The van der Waals surface area contributed by atoms with Gasteiger partial charge in [0.1, 0.15) is 6.54 Å². The number of non-ortho nitro benzene ring substituents is 1. The summed E-state index contributed by atoms with van der Waals surface area (Å²) < 4.78 is 13.8. The normalized spacial score (nSPS) is 15.2. The molecule has 0 radical (unpaired) electrons. The van der Waals surface area contributed by atoms with Crippen molar-refractivity contribution in [3.05, 3.63) is 81.7 Å². The molecule has 29 heavy (non-hydrogen) atoms. The van der Waals surface area contributed by atoms with E-state index < -0.39 is 0 Å². The molecule has 2 N–H and O–H groups in total. The van der Waals surface area contributed by atoms with Crippen LogP contribution >= 0.6 is 0 Å². The highest BCUT2D eigenvalue weighted by atomic mass is 16.6. The van der Waals surface area contributed by atoms with Crippen molar-refractivity contribution in [3.63, 3.8) is 0 Å². The number of benzene rings is 2. The molecule has 0 saturated heterocycles. The van der Waals surface area contributed by atoms with Crippen LogP contribution in [-0.2, 0) is 6.54 Å². The van der Waals surface area contributed by atoms with E-state index in [-0.39, 0.29) is 16.7 Å². The van der Waals surface area contributed by atoms with Gasteiger partial charge in [-0.15, -0.1) is 0 Å². The van der Waals surface area contributed by atoms with Crippen molar-refractivity contribution in [3.8, 4) is 17.2 Å². The molecule has 0 aliphatic carbocycles. The molecule has 2 aromatic carbocycles. The zero-order chi connectivity index (χ0) is 20.4. The summed E-state index contributed by atoms with van der Waals surface area (Å²) in [5.74, 6) is 1.46. The predicted molar refractivity (Wildman–Crippen MR) is 109 cm³/mol. The van der Waals surface area contributed by atoms with Crippen molar-refractivity contribution in [2.24, 2.45) is 0 Å². The van der Waals surface area contributed by atoms with Crippen LogP contribution in [0.1, 0.15) is 36.7 Å². The fourth-order valence-electron chi connectivity index (χ4n) is 3.89. The molecule has 3 aromatic rings. The Kier molecular flexibility index (Phi) is 5.22. The van der Waals surface area contributed by atoms with E-state index in [4.69, 9.17) is 9.47 Å². The molecule has 1 aromatic heterocycles. The standard InChI is InChI=1S/C22H23N3O4/c1-3-28-20-12-16-14-23-22(15-7-5-8-17(11-15)25(26)27)18-9-6-10-24(18)19(16)13-21(20)29-4-2/h5-13,22-23H,3-4,14H2,1-2H3/p+1/t22-/m1/s1. The maximum atomic E-state index is 11.2. The average molecular weight is 394 g/mol. The van der Waals surface area contributed by atoms with Crippen molar-refractivity contribution < 1.29 is 19.7 Å². The first kappa shape index (κ1) is 19.0. The summed E-state index contributed by atoms with van der Waals surface area (Å²) in [7, 11) is 0. The number of hydrogen-bond donors (Lipinski definition) is 1. The lowest BCUT2D eigenvalue weighted by Gasteiger charge is -2.16. The largest absolute Gasteiger partial charge is 0.490 e. The monoisotopic (exact) mass is 394 g/mol. The summed E-state index contributed by atoms with van der Waals surface area (Å²) in [5.41, 5.74) is 4.24. The number of hydrogen-bond acceptors (Lipinski definition) is 4. The van der Waals surface area contributed by atoms with Crippen LogP contribution in [0.3, 0.4) is 0 Å². The molecule has 0 spiro atoms. The molecule has 0 amide bonds. The van der Waals surface area contributed by atoms with Crippen LogP contribution < -0.4 is 14.8 Å². The molecular formula is C22H24N3O4+. The Morgan fingerprint density at radius 1 is 1.10 bits per heavy atom. The van der Waals surface area contributed by atoms with Crippen molar-refractivity contribution in [2.75, 3.05) is 13.2 Å². The lowest BCUT2D eigenvalue weighted by Crippen LogP contribution is -2.83. The van der Waals surface area contributed by atoms with E-state index in [2.05, 4.69) is 16.0 Å². The fraction of sp³-hybridized carbons (Fsp3) is 0.273. The summed E-state index contributed by atoms with van der Waals surface area (Å²) in [5, 5.41) is 13.4. The smallest absolute Gasteiger partial charge is 0.269 e. The van der Waals surface area contributed by atoms with E-state index in [9.17, 15) is 10.1 Å². The van der Waals surface area contributed by atoms with Crippen LogP contribution in [0, 0.1) is 10.1 Å². The van der Waals surface area contributed by atoms with Gasteiger partial charge in [-0.25, -0.2) is 0 Å². The highest BCUT2D eigenvalue weighted by Gasteiger charge is 2.28. The Balaban J connectivity index is 1.81. The number of nitro benzene ring substituents is 1. The van der Waals surface area contributed by atoms with Gasteiger partial charge in [0, 0.05) is 35.5 Å². The van der Waals surface area contributed by atoms with Gasteiger partial charge < -0.3 is 19.4 Å². The molecule has 0 saturated carbocycles. The summed E-state index contributed by atoms with van der Waals surface area (Å²) in [6, 6.07) is 14.9. The first-order valence-corrected chi connectivity index (χ1v) is 9.80. The fourth-order valence-corrected chi connectivity index (χ4v) is 3.89. The molecule has 0 bridgehead atoms. The molecule has 0 fully saturated rings. The van der Waals surface area contributed by atoms with Crippen LogP contribution in [0.2, 0.25) is 0 Å². The lowest BCUT2D eigenvalue weighted by molar-refractivity contribution is -0.702. The molecular weight excluding hydrogens is 370 g/mol. The SMILES string of the molecule is CCOc1cc2c(cc1OCC)-n1cccc1[C@@H](c1cccc([N+](=O)[O-])c1)[NH2+]C2. The number of quaternary nitrogens is 1. The maximum absolute atomic E-state index is 11.2. The zero-order valence-corrected chi connectivity index (χ0v) is 16.5. The molecule has 150 valence electrons. The van der Waals surface area contributed by atoms with Crippen molar-refractivity contribution in [1.82, 2.24) is 4.57 Å². The quantitative estimate of drug-likeness (QED) is 0.513. The third-order valence-electron chi connectivity index (χ3n) is 5.12. The van der Waals surface area contributed by atoms with Crippen LogP contribution in [0.5, 0.6) is 11.5 Å². The third kappa shape index (κ3) is 3.56. The molecule has 7 heteroatoms. The minimum Gasteiger partial charge on any atom is -0.490 e. The summed E-state index contributed by atoms with van der Waals surface area (Å²) in [4.78, 5) is 10.9. The number of aromatic nitrogens is 1. The Bertz CT molecular complexity index is 1040. The number of nitrogens with zero attached hydrogens (tertiary/aromatic N) is 2. The van der Waals surface area contributed by atoms with E-state index in [0.29, 0.717) is 13.2 Å². The van der Waals surface area contributed by atoms with Crippen molar-refractivity contribution in [1.29, 1.82) is 0 Å². The van der Waals surface area contributed by atoms with Crippen LogP contribution in [-0.4, -0.2) is 22.7 Å². The first-order valence-electron chi connectivity index (χ1n) is 9.80. The van der Waals surface area contributed by atoms with Gasteiger partial charge in [0.25, 0.3) is 5.69 Å². The number of fused-ring (bicyclic) bond motifs is 3. The maximum Gasteiger partial charge on any atom is 0.269 e. The number of ether oxygens (including phenoxy) is 2. The van der Waals surface area contributed by atoms with E-state index in [1.54, 1.807) is 12.1 Å². The van der Waals surface area contributed by atoms with Crippen LogP contribution in [0.25, 0.3) is 5.69 Å². The average Bonchev–Trinajstić information content (AvgIpc) is 3.14. The third-order valence-corrected chi connectivity index (χ3v) is 5.12. The Labute approximate surface area is 169 Å². The van der Waals surface area contributed by atoms with Gasteiger partial charge in [0.15, 0.2) is 17.5 Å². The molecule has 7 nitrogen and oxygen atoms in total. The molecule has 2 heterocycles. The second-order valence-electron chi connectivity index (χ2n) is 6.87. The van der Waals surface area contributed by atoms with Crippen LogP contribution in [0.15, 0.2) is 54.7 Å². The molecule has 0 unspecified atom stereocenters. The Hall–Kier alpha value is -3.32. The van der Waals surface area contributed by atoms with Gasteiger partial charge in [-0.3, -0.25) is 10.1 Å². The highest BCUT2D eigenvalue weighted by Crippen LogP contribution is 2.36. The Morgan fingerprint density at radius 2 is 1.86 bits per heavy atom. The lowest BCUT2D eigenvalue weighted by atomic mass is 10.0. The second kappa shape index (κ2) is 7.97. The minimum atomic E-state index is -0.350. The number of nitro groups is 1. The molecule has 1 aliphatic heterocycles. The summed E-state index contributed by atoms with van der Waals surface area (Å²) >= 11 is 0. The van der Waals surface area contributed by atoms with Gasteiger partial charge in [0.05, 0.1) is 29.5 Å². The van der Waals surface area contributed by atoms with Crippen molar-refractivity contribution in [2.45, 2.75) is 26.4 Å². The molecule has 1 atom stereocenters.